The lowest BCUT2D eigenvalue weighted by molar-refractivity contribution is -0.118. The maximum absolute atomic E-state index is 13.4. The monoisotopic (exact) mass is 397 g/mol. The molecule has 0 atom stereocenters. The molecule has 0 aliphatic carbocycles. The molecule has 0 radical (unpaired) electrons. The Bertz CT molecular complexity index is 829. The van der Waals surface area contributed by atoms with Crippen LogP contribution in [0.2, 0.25) is 0 Å². The number of carbonyl (C=O) groups excluding carboxylic acids is 2. The van der Waals surface area contributed by atoms with Crippen LogP contribution in [0, 0.1) is 5.82 Å². The number of hydrogen-bond donors (Lipinski definition) is 1. The van der Waals surface area contributed by atoms with E-state index in [0.717, 1.165) is 36.8 Å². The fourth-order valence-electron chi connectivity index (χ4n) is 3.50. The molecule has 1 N–H and O–H groups in total. The highest BCUT2D eigenvalue weighted by Gasteiger charge is 2.11. The number of hydrogen-bond acceptors (Lipinski definition) is 2. The third-order valence-corrected chi connectivity index (χ3v) is 5.16. The summed E-state index contributed by atoms with van der Waals surface area (Å²) in [6, 6.07) is 12.6. The number of aryl methyl sites for hydroxylation is 1. The number of amides is 1. The van der Waals surface area contributed by atoms with Gasteiger partial charge in [0.15, 0.2) is 0 Å². The molecule has 2 rings (SSSR count). The third-order valence-electron chi connectivity index (χ3n) is 5.16. The second kappa shape index (κ2) is 11.5. The normalized spacial score (nSPS) is 10.9. The standard InChI is InChI=1S/C25H32FNO2/c1-4-19-10-8-9-11-20(19)16-22(28)12-6-5-7-13-25(29)27-24-15-14-21(26)17-23(24)18(2)3/h8-11,14-15,17-18H,4-7,12-13,16H2,1-3H3,(H,27,29). The molecule has 0 aliphatic rings. The van der Waals surface area contributed by atoms with Crippen molar-refractivity contribution >= 4 is 17.4 Å². The van der Waals surface area contributed by atoms with E-state index in [0.29, 0.717) is 24.9 Å². The highest BCUT2D eigenvalue weighted by molar-refractivity contribution is 5.91. The first kappa shape index (κ1) is 22.8. The van der Waals surface area contributed by atoms with Gasteiger partial charge in [0, 0.05) is 24.9 Å². The van der Waals surface area contributed by atoms with Crippen LogP contribution in [-0.2, 0) is 22.4 Å². The number of halogens is 1. The first-order chi connectivity index (χ1) is 13.9. The lowest BCUT2D eigenvalue weighted by Gasteiger charge is -2.14. The van der Waals surface area contributed by atoms with E-state index in [9.17, 15) is 14.0 Å². The number of anilines is 1. The molecule has 0 fully saturated rings. The molecule has 29 heavy (non-hydrogen) atoms. The minimum absolute atomic E-state index is 0.0679. The molecule has 4 heteroatoms. The molecule has 2 aromatic carbocycles. The first-order valence-electron chi connectivity index (χ1n) is 10.6. The van der Waals surface area contributed by atoms with Crippen LogP contribution in [0.1, 0.15) is 75.5 Å². The van der Waals surface area contributed by atoms with Crippen molar-refractivity contribution in [3.05, 3.63) is 65.0 Å². The molecule has 1 amide bonds. The molecule has 0 aliphatic heterocycles. The van der Waals surface area contributed by atoms with Crippen molar-refractivity contribution in [1.29, 1.82) is 0 Å². The predicted molar refractivity (Wildman–Crippen MR) is 117 cm³/mol. The van der Waals surface area contributed by atoms with Crippen molar-refractivity contribution in [2.24, 2.45) is 0 Å². The van der Waals surface area contributed by atoms with Gasteiger partial charge in [0.1, 0.15) is 11.6 Å². The highest BCUT2D eigenvalue weighted by atomic mass is 19.1. The van der Waals surface area contributed by atoms with E-state index >= 15 is 0 Å². The summed E-state index contributed by atoms with van der Waals surface area (Å²) < 4.78 is 13.4. The fraction of sp³-hybridized carbons (Fsp3) is 0.440. The topological polar surface area (TPSA) is 46.2 Å². The molecule has 0 aromatic heterocycles. The number of carbonyl (C=O) groups is 2. The van der Waals surface area contributed by atoms with Gasteiger partial charge in [0.25, 0.3) is 0 Å². The molecule has 0 heterocycles. The summed E-state index contributed by atoms with van der Waals surface area (Å²) >= 11 is 0. The van der Waals surface area contributed by atoms with E-state index in [1.165, 1.54) is 17.7 Å². The summed E-state index contributed by atoms with van der Waals surface area (Å²) in [6.07, 6.45) is 4.77. The van der Waals surface area contributed by atoms with Gasteiger partial charge in [0.05, 0.1) is 0 Å². The molecule has 156 valence electrons. The summed E-state index contributed by atoms with van der Waals surface area (Å²) in [5, 5.41) is 2.89. The maximum atomic E-state index is 13.4. The van der Waals surface area contributed by atoms with E-state index in [1.54, 1.807) is 6.07 Å². The van der Waals surface area contributed by atoms with Crippen molar-refractivity contribution in [2.45, 2.75) is 71.6 Å². The van der Waals surface area contributed by atoms with E-state index in [-0.39, 0.29) is 23.4 Å². The van der Waals surface area contributed by atoms with Crippen LogP contribution in [0.3, 0.4) is 0 Å². The van der Waals surface area contributed by atoms with Gasteiger partial charge in [-0.15, -0.1) is 0 Å². The Morgan fingerprint density at radius 1 is 0.966 bits per heavy atom. The van der Waals surface area contributed by atoms with Crippen LogP contribution in [0.15, 0.2) is 42.5 Å². The Hall–Kier alpha value is -2.49. The molecule has 2 aromatic rings. The van der Waals surface area contributed by atoms with Gasteiger partial charge in [-0.3, -0.25) is 9.59 Å². The zero-order valence-electron chi connectivity index (χ0n) is 17.8. The average molecular weight is 398 g/mol. The van der Waals surface area contributed by atoms with Crippen molar-refractivity contribution in [3.8, 4) is 0 Å². The van der Waals surface area contributed by atoms with Gasteiger partial charge >= 0.3 is 0 Å². The molecule has 0 spiro atoms. The van der Waals surface area contributed by atoms with Crippen LogP contribution in [0.4, 0.5) is 10.1 Å². The summed E-state index contributed by atoms with van der Waals surface area (Å²) in [5.74, 6) is 0.0210. The van der Waals surface area contributed by atoms with E-state index in [1.807, 2.05) is 32.0 Å². The zero-order chi connectivity index (χ0) is 21.2. The summed E-state index contributed by atoms with van der Waals surface area (Å²) in [6.45, 7) is 6.05. The zero-order valence-corrected chi connectivity index (χ0v) is 17.8. The molecule has 0 saturated heterocycles. The summed E-state index contributed by atoms with van der Waals surface area (Å²) in [4.78, 5) is 24.4. The Kier molecular flexibility index (Phi) is 9.04. The Labute approximate surface area is 173 Å². The molecular weight excluding hydrogens is 365 g/mol. The van der Waals surface area contributed by atoms with Crippen molar-refractivity contribution < 1.29 is 14.0 Å². The van der Waals surface area contributed by atoms with Crippen LogP contribution in [0.5, 0.6) is 0 Å². The minimum atomic E-state index is -0.294. The third kappa shape index (κ3) is 7.45. The minimum Gasteiger partial charge on any atom is -0.326 e. The predicted octanol–water partition coefficient (Wildman–Crippen LogP) is 6.21. The fourth-order valence-corrected chi connectivity index (χ4v) is 3.50. The summed E-state index contributed by atoms with van der Waals surface area (Å²) in [5.41, 5.74) is 3.84. The Balaban J connectivity index is 1.70. The number of Topliss-reactive ketones (excluding diaryl/α,β-unsaturated/α-hetero) is 1. The molecule has 0 saturated carbocycles. The van der Waals surface area contributed by atoms with Gasteiger partial charge in [-0.25, -0.2) is 4.39 Å². The van der Waals surface area contributed by atoms with Gasteiger partial charge in [0.2, 0.25) is 5.91 Å². The second-order valence-corrected chi connectivity index (χ2v) is 7.83. The molecule has 0 unspecified atom stereocenters. The van der Waals surface area contributed by atoms with Gasteiger partial charge in [-0.2, -0.15) is 0 Å². The van der Waals surface area contributed by atoms with Crippen molar-refractivity contribution in [1.82, 2.24) is 0 Å². The van der Waals surface area contributed by atoms with Crippen molar-refractivity contribution in [2.75, 3.05) is 5.32 Å². The average Bonchev–Trinajstić information content (AvgIpc) is 2.69. The Morgan fingerprint density at radius 2 is 1.66 bits per heavy atom. The van der Waals surface area contributed by atoms with E-state index in [2.05, 4.69) is 18.3 Å². The SMILES string of the molecule is CCc1ccccc1CC(=O)CCCCCC(=O)Nc1ccc(F)cc1C(C)C. The maximum Gasteiger partial charge on any atom is 0.224 e. The quantitative estimate of drug-likeness (QED) is 0.458. The number of nitrogens with one attached hydrogen (secondary N) is 1. The number of rotatable bonds is 11. The smallest absolute Gasteiger partial charge is 0.224 e. The lowest BCUT2D eigenvalue weighted by Crippen LogP contribution is -2.13. The summed E-state index contributed by atoms with van der Waals surface area (Å²) in [7, 11) is 0. The first-order valence-corrected chi connectivity index (χ1v) is 10.6. The van der Waals surface area contributed by atoms with E-state index in [4.69, 9.17) is 0 Å². The van der Waals surface area contributed by atoms with Crippen LogP contribution >= 0.6 is 0 Å². The Morgan fingerprint density at radius 3 is 2.34 bits per heavy atom. The lowest BCUT2D eigenvalue weighted by atomic mass is 9.98. The van der Waals surface area contributed by atoms with E-state index < -0.39 is 0 Å². The second-order valence-electron chi connectivity index (χ2n) is 7.83. The van der Waals surface area contributed by atoms with Crippen molar-refractivity contribution in [3.63, 3.8) is 0 Å². The van der Waals surface area contributed by atoms with Gasteiger partial charge in [-0.1, -0.05) is 51.5 Å². The number of unbranched alkanes of at least 4 members (excludes halogenated alkanes) is 2. The van der Waals surface area contributed by atoms with Crippen LogP contribution in [0.25, 0.3) is 0 Å². The largest absolute Gasteiger partial charge is 0.326 e. The van der Waals surface area contributed by atoms with Gasteiger partial charge < -0.3 is 5.32 Å². The molecule has 0 bridgehead atoms. The van der Waals surface area contributed by atoms with Gasteiger partial charge in [-0.05, 0) is 60.1 Å². The van der Waals surface area contributed by atoms with Crippen LogP contribution < -0.4 is 5.32 Å². The molecule has 3 nitrogen and oxygen atoms in total. The number of ketones is 1. The molecular formula is C25H32FNO2. The number of benzene rings is 2. The van der Waals surface area contributed by atoms with Crippen LogP contribution in [-0.4, -0.2) is 11.7 Å². The highest BCUT2D eigenvalue weighted by Crippen LogP contribution is 2.25.